The number of hydrogen-bond donors (Lipinski definition) is 1. The third-order valence-electron chi connectivity index (χ3n) is 4.92. The molecular weight excluding hydrogens is 385 g/mol. The minimum atomic E-state index is -0.389. The van der Waals surface area contributed by atoms with Gasteiger partial charge in [-0.25, -0.2) is 4.39 Å². The number of piperazine rings is 1. The summed E-state index contributed by atoms with van der Waals surface area (Å²) in [7, 11) is 0. The van der Waals surface area contributed by atoms with Gasteiger partial charge < -0.3 is 15.0 Å². The molecule has 0 unspecified atom stereocenters. The number of amides is 2. The predicted molar refractivity (Wildman–Crippen MR) is 114 cm³/mol. The summed E-state index contributed by atoms with van der Waals surface area (Å²) >= 11 is 0. The first-order valence-electron chi connectivity index (χ1n) is 10.2. The second kappa shape index (κ2) is 10.3. The van der Waals surface area contributed by atoms with Crippen LogP contribution in [-0.2, 0) is 16.1 Å². The lowest BCUT2D eigenvalue weighted by atomic mass is 10.1. The number of nitrogens with zero attached hydrogens (tertiary/aromatic N) is 2. The lowest BCUT2D eigenvalue weighted by molar-refractivity contribution is -0.117. The topological polar surface area (TPSA) is 61.9 Å². The van der Waals surface area contributed by atoms with Crippen LogP contribution >= 0.6 is 0 Å². The van der Waals surface area contributed by atoms with E-state index in [1.807, 2.05) is 43.0 Å². The maximum Gasteiger partial charge on any atom is 0.253 e. The van der Waals surface area contributed by atoms with Crippen molar-refractivity contribution in [3.63, 3.8) is 0 Å². The van der Waals surface area contributed by atoms with Gasteiger partial charge in [-0.1, -0.05) is 18.2 Å². The van der Waals surface area contributed by atoms with E-state index >= 15 is 0 Å². The highest BCUT2D eigenvalue weighted by Gasteiger charge is 2.23. The van der Waals surface area contributed by atoms with E-state index in [2.05, 4.69) is 5.32 Å². The van der Waals surface area contributed by atoms with Gasteiger partial charge in [0.2, 0.25) is 5.91 Å². The minimum Gasteiger partial charge on any atom is -0.374 e. The Hall–Kier alpha value is -2.77. The first-order valence-corrected chi connectivity index (χ1v) is 10.2. The molecule has 0 atom stereocenters. The van der Waals surface area contributed by atoms with Crippen molar-refractivity contribution < 1.29 is 18.7 Å². The van der Waals surface area contributed by atoms with Crippen LogP contribution in [-0.4, -0.2) is 60.4 Å². The standard InChI is InChI=1S/C23H28FN3O3/c1-17(2)30-16-18-6-8-19(9-7-18)23(29)27-12-10-26(11-13-27)15-22(28)25-21-5-3-4-20(24)14-21/h3-9,14,17H,10-13,15-16H2,1-2H3,(H,25,28). The van der Waals surface area contributed by atoms with Crippen LogP contribution < -0.4 is 5.32 Å². The second-order valence-corrected chi connectivity index (χ2v) is 7.68. The van der Waals surface area contributed by atoms with Crippen molar-refractivity contribution in [3.05, 3.63) is 65.5 Å². The van der Waals surface area contributed by atoms with Crippen molar-refractivity contribution in [1.82, 2.24) is 9.80 Å². The zero-order valence-electron chi connectivity index (χ0n) is 17.4. The Kier molecular flexibility index (Phi) is 7.54. The number of rotatable bonds is 7. The lowest BCUT2D eigenvalue weighted by Gasteiger charge is -2.34. The molecule has 1 fully saturated rings. The largest absolute Gasteiger partial charge is 0.374 e. The molecule has 30 heavy (non-hydrogen) atoms. The fraction of sp³-hybridized carbons (Fsp3) is 0.391. The van der Waals surface area contributed by atoms with Crippen LogP contribution in [0.5, 0.6) is 0 Å². The fourth-order valence-electron chi connectivity index (χ4n) is 3.27. The molecule has 0 bridgehead atoms. The molecule has 1 N–H and O–H groups in total. The number of nitrogens with one attached hydrogen (secondary N) is 1. The number of carbonyl (C=O) groups is 2. The molecule has 1 aliphatic rings. The van der Waals surface area contributed by atoms with Gasteiger partial charge in [0, 0.05) is 37.4 Å². The summed E-state index contributed by atoms with van der Waals surface area (Å²) < 4.78 is 18.8. The average molecular weight is 413 g/mol. The molecule has 2 aromatic carbocycles. The van der Waals surface area contributed by atoms with E-state index < -0.39 is 0 Å². The van der Waals surface area contributed by atoms with Gasteiger partial charge in [0.1, 0.15) is 5.82 Å². The van der Waals surface area contributed by atoms with Crippen molar-refractivity contribution in [3.8, 4) is 0 Å². The summed E-state index contributed by atoms with van der Waals surface area (Å²) in [6.07, 6.45) is 0.165. The first-order chi connectivity index (χ1) is 14.4. The van der Waals surface area contributed by atoms with Gasteiger partial charge >= 0.3 is 0 Å². The summed E-state index contributed by atoms with van der Waals surface area (Å²) in [4.78, 5) is 28.7. The Bertz CT molecular complexity index is 862. The molecule has 2 aromatic rings. The quantitative estimate of drug-likeness (QED) is 0.758. The Morgan fingerprint density at radius 2 is 1.77 bits per heavy atom. The van der Waals surface area contributed by atoms with Gasteiger partial charge in [-0.2, -0.15) is 0 Å². The average Bonchev–Trinajstić information content (AvgIpc) is 2.72. The number of hydrogen-bond acceptors (Lipinski definition) is 4. The highest BCUT2D eigenvalue weighted by Crippen LogP contribution is 2.13. The van der Waals surface area contributed by atoms with Crippen molar-refractivity contribution in [2.45, 2.75) is 26.6 Å². The minimum absolute atomic E-state index is 0.00445. The molecule has 0 aromatic heterocycles. The number of ether oxygens (including phenoxy) is 1. The third kappa shape index (κ3) is 6.37. The molecule has 2 amide bonds. The molecule has 7 heteroatoms. The Morgan fingerprint density at radius 1 is 1.07 bits per heavy atom. The van der Waals surface area contributed by atoms with Crippen LogP contribution in [0.15, 0.2) is 48.5 Å². The van der Waals surface area contributed by atoms with Crippen LogP contribution in [0.2, 0.25) is 0 Å². The van der Waals surface area contributed by atoms with Crippen molar-refractivity contribution in [2.24, 2.45) is 0 Å². The summed E-state index contributed by atoms with van der Waals surface area (Å²) in [6.45, 7) is 7.07. The van der Waals surface area contributed by atoms with E-state index in [0.29, 0.717) is 44.0 Å². The van der Waals surface area contributed by atoms with Crippen LogP contribution in [0.4, 0.5) is 10.1 Å². The Morgan fingerprint density at radius 3 is 2.40 bits per heavy atom. The highest BCUT2D eigenvalue weighted by atomic mass is 19.1. The van der Waals surface area contributed by atoms with E-state index in [-0.39, 0.29) is 30.3 Å². The molecule has 1 aliphatic heterocycles. The zero-order chi connectivity index (χ0) is 21.5. The molecule has 6 nitrogen and oxygen atoms in total. The van der Waals surface area contributed by atoms with E-state index in [4.69, 9.17) is 4.74 Å². The van der Waals surface area contributed by atoms with Crippen molar-refractivity contribution in [1.29, 1.82) is 0 Å². The molecular formula is C23H28FN3O3. The van der Waals surface area contributed by atoms with Gasteiger partial charge in [-0.3, -0.25) is 14.5 Å². The maximum absolute atomic E-state index is 13.2. The maximum atomic E-state index is 13.2. The van der Waals surface area contributed by atoms with Crippen molar-refractivity contribution in [2.75, 3.05) is 38.0 Å². The van der Waals surface area contributed by atoms with Gasteiger partial charge in [-0.15, -0.1) is 0 Å². The first kappa shape index (κ1) is 21.9. The van der Waals surface area contributed by atoms with E-state index in [0.717, 1.165) is 5.56 Å². The molecule has 0 saturated carbocycles. The second-order valence-electron chi connectivity index (χ2n) is 7.68. The molecule has 0 radical (unpaired) electrons. The van der Waals surface area contributed by atoms with Gasteiger partial charge in [0.15, 0.2) is 0 Å². The Balaban J connectivity index is 1.45. The summed E-state index contributed by atoms with van der Waals surface area (Å²) in [6, 6.07) is 13.3. The smallest absolute Gasteiger partial charge is 0.253 e. The summed E-state index contributed by atoms with van der Waals surface area (Å²) in [5.41, 5.74) is 2.13. The van der Waals surface area contributed by atoms with Crippen LogP contribution in [0.25, 0.3) is 0 Å². The normalized spacial score (nSPS) is 14.7. The van der Waals surface area contributed by atoms with Gasteiger partial charge in [0.05, 0.1) is 19.3 Å². The highest BCUT2D eigenvalue weighted by molar-refractivity contribution is 5.94. The van der Waals surface area contributed by atoms with E-state index in [1.165, 1.54) is 12.1 Å². The van der Waals surface area contributed by atoms with Crippen LogP contribution in [0.3, 0.4) is 0 Å². The van der Waals surface area contributed by atoms with E-state index in [1.54, 1.807) is 17.0 Å². The SMILES string of the molecule is CC(C)OCc1ccc(C(=O)N2CCN(CC(=O)Nc3cccc(F)c3)CC2)cc1. The molecule has 1 saturated heterocycles. The van der Waals surface area contributed by atoms with Crippen LogP contribution in [0.1, 0.15) is 29.8 Å². The number of benzene rings is 2. The fourth-order valence-corrected chi connectivity index (χ4v) is 3.27. The summed E-state index contributed by atoms with van der Waals surface area (Å²) in [5.74, 6) is -0.588. The summed E-state index contributed by atoms with van der Waals surface area (Å²) in [5, 5.41) is 2.70. The zero-order valence-corrected chi connectivity index (χ0v) is 17.4. The molecule has 160 valence electrons. The van der Waals surface area contributed by atoms with Gasteiger partial charge in [0.25, 0.3) is 5.91 Å². The molecule has 3 rings (SSSR count). The molecule has 0 spiro atoms. The number of carbonyl (C=O) groups excluding carboxylic acids is 2. The monoisotopic (exact) mass is 413 g/mol. The number of halogens is 1. The van der Waals surface area contributed by atoms with Crippen LogP contribution in [0, 0.1) is 5.82 Å². The molecule has 0 aliphatic carbocycles. The van der Waals surface area contributed by atoms with E-state index in [9.17, 15) is 14.0 Å². The number of anilines is 1. The lowest BCUT2D eigenvalue weighted by Crippen LogP contribution is -2.50. The Labute approximate surface area is 176 Å². The third-order valence-corrected chi connectivity index (χ3v) is 4.92. The van der Waals surface area contributed by atoms with Gasteiger partial charge in [-0.05, 0) is 49.7 Å². The molecule has 1 heterocycles. The predicted octanol–water partition coefficient (Wildman–Crippen LogP) is 3.15. The van der Waals surface area contributed by atoms with Crippen molar-refractivity contribution >= 4 is 17.5 Å².